The number of nitrogens with one attached hydrogen (secondary N) is 2. The summed E-state index contributed by atoms with van der Waals surface area (Å²) in [6.45, 7) is 4.47. The molecule has 2 aliphatic rings. The van der Waals surface area contributed by atoms with Gasteiger partial charge in [0.2, 0.25) is 5.91 Å². The number of anilines is 1. The van der Waals surface area contributed by atoms with E-state index in [0.29, 0.717) is 29.4 Å². The standard InChI is InChI=1S/C26H35N5O5/c1-5-6-11-30-24(33)22-15-21(23(32)27-18-12-19(35-3)14-20(13-18)36-4)29-31(22)16-26(30,2)25(34)28-17-9-7-8-10-17/h12-15,17H,5-11,16H2,1-4H3,(H,27,32)(H,28,34)/t26-/m0/s1. The highest BCUT2D eigenvalue weighted by atomic mass is 16.5. The first-order chi connectivity index (χ1) is 17.3. The fourth-order valence-electron chi connectivity index (χ4n) is 4.90. The number of nitrogens with zero attached hydrogens (tertiary/aromatic N) is 3. The average molecular weight is 498 g/mol. The van der Waals surface area contributed by atoms with E-state index in [4.69, 9.17) is 9.47 Å². The second kappa shape index (κ2) is 10.6. The Morgan fingerprint density at radius 2 is 1.78 bits per heavy atom. The van der Waals surface area contributed by atoms with Crippen LogP contribution in [0.2, 0.25) is 0 Å². The lowest BCUT2D eigenvalue weighted by atomic mass is 9.94. The summed E-state index contributed by atoms with van der Waals surface area (Å²) in [5.41, 5.74) is -0.234. The van der Waals surface area contributed by atoms with Crippen LogP contribution in [0, 0.1) is 0 Å². The number of carbonyl (C=O) groups is 3. The molecule has 3 amide bonds. The molecule has 1 fully saturated rings. The molecule has 0 radical (unpaired) electrons. The van der Waals surface area contributed by atoms with Crippen molar-refractivity contribution in [2.45, 2.75) is 70.5 Å². The maximum Gasteiger partial charge on any atom is 0.276 e. The SMILES string of the molecule is CCCCN1C(=O)c2cc(C(=O)Nc3cc(OC)cc(OC)c3)nn2C[C@@]1(C)C(=O)NC1CCCC1. The molecule has 2 heterocycles. The van der Waals surface area contributed by atoms with E-state index in [1.165, 1.54) is 25.0 Å². The third-order valence-electron chi connectivity index (χ3n) is 7.05. The van der Waals surface area contributed by atoms with Crippen molar-refractivity contribution in [1.82, 2.24) is 20.0 Å². The summed E-state index contributed by atoms with van der Waals surface area (Å²) in [7, 11) is 3.05. The monoisotopic (exact) mass is 497 g/mol. The smallest absolute Gasteiger partial charge is 0.276 e. The van der Waals surface area contributed by atoms with Gasteiger partial charge in [0.1, 0.15) is 22.7 Å². The number of hydrogen-bond acceptors (Lipinski definition) is 6. The van der Waals surface area contributed by atoms with E-state index in [9.17, 15) is 14.4 Å². The fourth-order valence-corrected chi connectivity index (χ4v) is 4.90. The molecule has 1 aliphatic carbocycles. The molecule has 10 nitrogen and oxygen atoms in total. The zero-order chi connectivity index (χ0) is 25.9. The van der Waals surface area contributed by atoms with Crippen LogP contribution in [-0.4, -0.2) is 64.7 Å². The van der Waals surface area contributed by atoms with E-state index in [1.54, 1.807) is 30.0 Å². The summed E-state index contributed by atoms with van der Waals surface area (Å²) < 4.78 is 12.0. The van der Waals surface area contributed by atoms with Crippen molar-refractivity contribution in [3.05, 3.63) is 35.7 Å². The van der Waals surface area contributed by atoms with Crippen LogP contribution >= 0.6 is 0 Å². The molecule has 0 spiro atoms. The normalized spacial score (nSPS) is 19.7. The van der Waals surface area contributed by atoms with Crippen molar-refractivity contribution in [3.63, 3.8) is 0 Å². The highest BCUT2D eigenvalue weighted by molar-refractivity contribution is 6.06. The van der Waals surface area contributed by atoms with Crippen LogP contribution in [0.1, 0.15) is 73.3 Å². The van der Waals surface area contributed by atoms with Gasteiger partial charge in [-0.3, -0.25) is 19.1 Å². The minimum absolute atomic E-state index is 0.0935. The maximum absolute atomic E-state index is 13.6. The molecule has 194 valence electrons. The Labute approximate surface area is 211 Å². The number of amides is 3. The van der Waals surface area contributed by atoms with E-state index < -0.39 is 11.4 Å². The quantitative estimate of drug-likeness (QED) is 0.550. The lowest BCUT2D eigenvalue weighted by Crippen LogP contribution is -2.65. The van der Waals surface area contributed by atoms with Crippen molar-refractivity contribution < 1.29 is 23.9 Å². The first kappa shape index (κ1) is 25.5. The van der Waals surface area contributed by atoms with Crippen LogP contribution in [-0.2, 0) is 11.3 Å². The number of rotatable bonds is 9. The molecular formula is C26H35N5O5. The predicted molar refractivity (Wildman–Crippen MR) is 134 cm³/mol. The zero-order valence-corrected chi connectivity index (χ0v) is 21.4. The van der Waals surface area contributed by atoms with E-state index in [0.717, 1.165) is 38.5 Å². The Balaban J connectivity index is 1.60. The van der Waals surface area contributed by atoms with Crippen LogP contribution in [0.3, 0.4) is 0 Å². The number of unbranched alkanes of at least 4 members (excludes halogenated alkanes) is 1. The molecular weight excluding hydrogens is 462 g/mol. The number of fused-ring (bicyclic) bond motifs is 1. The first-order valence-electron chi connectivity index (χ1n) is 12.5. The molecule has 0 saturated heterocycles. The largest absolute Gasteiger partial charge is 0.497 e. The van der Waals surface area contributed by atoms with Crippen molar-refractivity contribution in [2.24, 2.45) is 0 Å². The number of methoxy groups -OCH3 is 2. The van der Waals surface area contributed by atoms with Gasteiger partial charge in [-0.2, -0.15) is 5.10 Å². The molecule has 2 N–H and O–H groups in total. The molecule has 1 atom stereocenters. The molecule has 4 rings (SSSR count). The van der Waals surface area contributed by atoms with Crippen molar-refractivity contribution >= 4 is 23.4 Å². The Morgan fingerprint density at radius 1 is 1.11 bits per heavy atom. The Morgan fingerprint density at radius 3 is 2.39 bits per heavy atom. The van der Waals surface area contributed by atoms with Gasteiger partial charge in [0.15, 0.2) is 5.69 Å². The summed E-state index contributed by atoms with van der Waals surface area (Å²) in [5.74, 6) is 0.110. The zero-order valence-electron chi connectivity index (χ0n) is 21.4. The number of ether oxygens (including phenoxy) is 2. The molecule has 1 aliphatic heterocycles. The summed E-state index contributed by atoms with van der Waals surface area (Å²) >= 11 is 0. The maximum atomic E-state index is 13.6. The third-order valence-corrected chi connectivity index (χ3v) is 7.05. The second-order valence-electron chi connectivity index (χ2n) is 9.67. The first-order valence-corrected chi connectivity index (χ1v) is 12.5. The van der Waals surface area contributed by atoms with Gasteiger partial charge in [-0.15, -0.1) is 0 Å². The highest BCUT2D eigenvalue weighted by Gasteiger charge is 2.48. The van der Waals surface area contributed by atoms with Crippen LogP contribution in [0.4, 0.5) is 5.69 Å². The lowest BCUT2D eigenvalue weighted by molar-refractivity contribution is -0.133. The van der Waals surface area contributed by atoms with Crippen molar-refractivity contribution in [3.8, 4) is 11.5 Å². The van der Waals surface area contributed by atoms with Gasteiger partial charge in [0.25, 0.3) is 11.8 Å². The van der Waals surface area contributed by atoms with Crippen LogP contribution in [0.5, 0.6) is 11.5 Å². The fraction of sp³-hybridized carbons (Fsp3) is 0.538. The van der Waals surface area contributed by atoms with E-state index in [1.807, 2.05) is 6.92 Å². The Hall–Kier alpha value is -3.56. The Bertz CT molecular complexity index is 1120. The van der Waals surface area contributed by atoms with Gasteiger partial charge in [-0.25, -0.2) is 0 Å². The summed E-state index contributed by atoms with van der Waals surface area (Å²) in [5, 5.41) is 10.4. The van der Waals surface area contributed by atoms with E-state index >= 15 is 0 Å². The van der Waals surface area contributed by atoms with Crippen molar-refractivity contribution in [2.75, 3.05) is 26.1 Å². The van der Waals surface area contributed by atoms with E-state index in [-0.39, 0.29) is 30.1 Å². The Kier molecular flexibility index (Phi) is 7.51. The van der Waals surface area contributed by atoms with Crippen LogP contribution in [0.15, 0.2) is 24.3 Å². The molecule has 0 bridgehead atoms. The topological polar surface area (TPSA) is 115 Å². The van der Waals surface area contributed by atoms with Gasteiger partial charge in [0, 0.05) is 42.5 Å². The van der Waals surface area contributed by atoms with Crippen molar-refractivity contribution in [1.29, 1.82) is 0 Å². The second-order valence-corrected chi connectivity index (χ2v) is 9.67. The number of benzene rings is 1. The number of aromatic nitrogens is 2. The average Bonchev–Trinajstić information content (AvgIpc) is 3.53. The lowest BCUT2D eigenvalue weighted by Gasteiger charge is -2.43. The minimum Gasteiger partial charge on any atom is -0.497 e. The van der Waals surface area contributed by atoms with Crippen LogP contribution in [0.25, 0.3) is 0 Å². The van der Waals surface area contributed by atoms with Gasteiger partial charge in [0.05, 0.1) is 20.8 Å². The number of carbonyl (C=O) groups excluding carboxylic acids is 3. The molecule has 36 heavy (non-hydrogen) atoms. The minimum atomic E-state index is -1.10. The molecule has 1 aromatic carbocycles. The molecule has 0 unspecified atom stereocenters. The summed E-state index contributed by atoms with van der Waals surface area (Å²) in [6, 6.07) is 6.66. The molecule has 1 saturated carbocycles. The predicted octanol–water partition coefficient (Wildman–Crippen LogP) is 3.23. The molecule has 2 aromatic rings. The third kappa shape index (κ3) is 5.03. The van der Waals surface area contributed by atoms with Gasteiger partial charge < -0.3 is 25.0 Å². The van der Waals surface area contributed by atoms with Gasteiger partial charge in [-0.05, 0) is 26.2 Å². The molecule has 10 heteroatoms. The molecule has 1 aromatic heterocycles. The van der Waals surface area contributed by atoms with Gasteiger partial charge >= 0.3 is 0 Å². The van der Waals surface area contributed by atoms with E-state index in [2.05, 4.69) is 15.7 Å². The summed E-state index contributed by atoms with van der Waals surface area (Å²) in [4.78, 5) is 41.7. The highest BCUT2D eigenvalue weighted by Crippen LogP contribution is 2.30. The van der Waals surface area contributed by atoms with Gasteiger partial charge in [-0.1, -0.05) is 26.2 Å². The van der Waals surface area contributed by atoms with Crippen LogP contribution < -0.4 is 20.1 Å². The number of hydrogen-bond donors (Lipinski definition) is 2. The summed E-state index contributed by atoms with van der Waals surface area (Å²) in [6.07, 6.45) is 5.77.